The van der Waals surface area contributed by atoms with Crippen molar-refractivity contribution >= 4 is 29.6 Å². The first-order valence-corrected chi connectivity index (χ1v) is 12.7. The lowest BCUT2D eigenvalue weighted by atomic mass is 9.94. The molecule has 0 bridgehead atoms. The number of hydrogen-bond donors (Lipinski definition) is 2. The Labute approximate surface area is 226 Å². The van der Waals surface area contributed by atoms with E-state index in [1.165, 1.54) is 31.3 Å². The van der Waals surface area contributed by atoms with Crippen molar-refractivity contribution in [3.63, 3.8) is 0 Å². The van der Waals surface area contributed by atoms with E-state index in [1.54, 1.807) is 6.07 Å². The highest BCUT2D eigenvalue weighted by atomic mass is 19.4. The summed E-state index contributed by atoms with van der Waals surface area (Å²) in [5, 5.41) is 5.03. The van der Waals surface area contributed by atoms with Gasteiger partial charge in [-0.25, -0.2) is 18.9 Å². The Balaban J connectivity index is 1.39. The molecular formula is C27H26F4N4O5. The lowest BCUT2D eigenvalue weighted by Crippen LogP contribution is -2.53. The first kappa shape index (κ1) is 27.4. The van der Waals surface area contributed by atoms with Gasteiger partial charge in [0, 0.05) is 31.3 Å². The number of imide groups is 1. The molecular weight excluding hydrogens is 536 g/mol. The average Bonchev–Trinajstić information content (AvgIpc) is 3.62. The summed E-state index contributed by atoms with van der Waals surface area (Å²) in [5.41, 5.74) is 0.0422. The number of fused-ring (bicyclic) bond motifs is 2. The maximum Gasteiger partial charge on any atom is 0.418 e. The Bertz CT molecular complexity index is 1360. The van der Waals surface area contributed by atoms with Gasteiger partial charge < -0.3 is 20.3 Å². The number of halogens is 4. The van der Waals surface area contributed by atoms with Crippen LogP contribution in [0.25, 0.3) is 0 Å². The Hall–Kier alpha value is -4.16. The molecule has 1 saturated heterocycles. The number of carbonyl (C=O) groups is 4. The molecule has 2 aromatic carbocycles. The highest BCUT2D eigenvalue weighted by Gasteiger charge is 2.59. The van der Waals surface area contributed by atoms with Crippen LogP contribution in [0.1, 0.15) is 36.0 Å². The largest absolute Gasteiger partial charge is 0.427 e. The lowest BCUT2D eigenvalue weighted by Gasteiger charge is -2.34. The maximum atomic E-state index is 14.1. The number of anilines is 1. The number of aryl methyl sites for hydroxylation is 1. The van der Waals surface area contributed by atoms with Crippen molar-refractivity contribution in [3.05, 3.63) is 65.0 Å². The smallest absolute Gasteiger partial charge is 0.418 e. The van der Waals surface area contributed by atoms with Gasteiger partial charge in [0.25, 0.3) is 5.91 Å². The second-order valence-corrected chi connectivity index (χ2v) is 10.1. The average molecular weight is 563 g/mol. The summed E-state index contributed by atoms with van der Waals surface area (Å²) in [6, 6.07) is 6.86. The van der Waals surface area contributed by atoms with E-state index in [4.69, 9.17) is 4.74 Å². The van der Waals surface area contributed by atoms with Crippen LogP contribution in [-0.4, -0.2) is 59.5 Å². The highest BCUT2D eigenvalue weighted by molar-refractivity contribution is 6.06. The summed E-state index contributed by atoms with van der Waals surface area (Å²) < 4.78 is 61.3. The predicted octanol–water partition coefficient (Wildman–Crippen LogP) is 4.07. The van der Waals surface area contributed by atoms with Gasteiger partial charge in [-0.1, -0.05) is 18.2 Å². The molecule has 5 amide bonds. The van der Waals surface area contributed by atoms with Crippen LogP contribution in [0.4, 0.5) is 32.8 Å². The fraction of sp³-hybridized carbons (Fsp3) is 0.407. The number of ether oxygens (including phenoxy) is 1. The van der Waals surface area contributed by atoms with Gasteiger partial charge in [0.1, 0.15) is 18.4 Å². The minimum absolute atomic E-state index is 0.0770. The molecule has 0 radical (unpaired) electrons. The first-order valence-electron chi connectivity index (χ1n) is 12.7. The van der Waals surface area contributed by atoms with Crippen molar-refractivity contribution in [1.82, 2.24) is 15.1 Å². The van der Waals surface area contributed by atoms with Crippen molar-refractivity contribution in [3.8, 4) is 0 Å². The van der Waals surface area contributed by atoms with E-state index in [2.05, 4.69) is 10.6 Å². The van der Waals surface area contributed by atoms with Crippen LogP contribution in [0.5, 0.6) is 0 Å². The number of nitrogens with zero attached hydrogens (tertiary/aromatic N) is 2. The third kappa shape index (κ3) is 5.07. The summed E-state index contributed by atoms with van der Waals surface area (Å²) in [6.45, 7) is -1.42. The van der Waals surface area contributed by atoms with E-state index in [1.807, 2.05) is 0 Å². The van der Waals surface area contributed by atoms with E-state index < -0.39 is 66.6 Å². The number of alkyl halides is 3. The molecule has 3 aliphatic rings. The molecule has 13 heteroatoms. The molecule has 1 spiro atoms. The second kappa shape index (κ2) is 10.1. The van der Waals surface area contributed by atoms with Crippen LogP contribution in [0.2, 0.25) is 0 Å². The van der Waals surface area contributed by atoms with Gasteiger partial charge >= 0.3 is 18.3 Å². The Kier molecular flexibility index (Phi) is 6.92. The van der Waals surface area contributed by atoms with E-state index in [9.17, 15) is 36.7 Å². The molecule has 40 heavy (non-hydrogen) atoms. The highest BCUT2D eigenvalue weighted by Crippen LogP contribution is 2.47. The summed E-state index contributed by atoms with van der Waals surface area (Å²) in [5.74, 6) is -3.31. The van der Waals surface area contributed by atoms with Crippen LogP contribution in [0, 0.1) is 11.7 Å². The minimum atomic E-state index is -4.75. The van der Waals surface area contributed by atoms with Gasteiger partial charge in [0.05, 0.1) is 0 Å². The molecule has 2 N–H and O–H groups in total. The topological polar surface area (TPSA) is 108 Å². The molecule has 1 saturated carbocycles. The summed E-state index contributed by atoms with van der Waals surface area (Å²) in [4.78, 5) is 52.6. The van der Waals surface area contributed by atoms with Gasteiger partial charge in [-0.2, -0.15) is 13.2 Å². The Morgan fingerprint density at radius 1 is 1.15 bits per heavy atom. The van der Waals surface area contributed by atoms with Gasteiger partial charge in [-0.3, -0.25) is 9.59 Å². The summed E-state index contributed by atoms with van der Waals surface area (Å²) in [6.07, 6.45) is -4.92. The van der Waals surface area contributed by atoms with Gasteiger partial charge in [-0.15, -0.1) is 0 Å². The zero-order chi connectivity index (χ0) is 28.8. The van der Waals surface area contributed by atoms with E-state index >= 15 is 0 Å². The van der Waals surface area contributed by atoms with Crippen molar-refractivity contribution in [2.24, 2.45) is 5.92 Å². The van der Waals surface area contributed by atoms with Gasteiger partial charge in [0.15, 0.2) is 0 Å². The maximum absolute atomic E-state index is 14.1. The summed E-state index contributed by atoms with van der Waals surface area (Å²) >= 11 is 0. The third-order valence-electron chi connectivity index (χ3n) is 7.46. The number of urea groups is 1. The standard InChI is InChI=1S/C27H26F4N4O5/c1-32-24(38)33-19-8-9-20-17(12-19)10-11-26(20)23(37)35(25(39)40-26)14-21(36)34(13-15-2-6-18(28)7-3-15)22(16-4-5-16)27(29,30)31/h2-3,6-9,12,16,22H,4-5,10-11,13-14H2,1H3,(H2,32,33,38)/t22?,26-/m0/s1. The number of benzene rings is 2. The van der Waals surface area contributed by atoms with Crippen LogP contribution in [0.15, 0.2) is 42.5 Å². The third-order valence-corrected chi connectivity index (χ3v) is 7.46. The molecule has 2 aromatic rings. The van der Waals surface area contributed by atoms with Crippen LogP contribution in [0.3, 0.4) is 0 Å². The van der Waals surface area contributed by atoms with Crippen molar-refractivity contribution in [1.29, 1.82) is 0 Å². The van der Waals surface area contributed by atoms with Gasteiger partial charge in [0.2, 0.25) is 11.5 Å². The van der Waals surface area contributed by atoms with Crippen molar-refractivity contribution < 1.29 is 41.5 Å². The molecule has 5 rings (SSSR count). The van der Waals surface area contributed by atoms with Crippen LogP contribution < -0.4 is 10.6 Å². The summed E-state index contributed by atoms with van der Waals surface area (Å²) in [7, 11) is 1.45. The lowest BCUT2D eigenvalue weighted by molar-refractivity contribution is -0.196. The fourth-order valence-electron chi connectivity index (χ4n) is 5.39. The predicted molar refractivity (Wildman–Crippen MR) is 132 cm³/mol. The molecule has 2 aliphatic carbocycles. The zero-order valence-electron chi connectivity index (χ0n) is 21.4. The van der Waals surface area contributed by atoms with Crippen molar-refractivity contribution in [2.45, 2.75) is 50.0 Å². The van der Waals surface area contributed by atoms with Crippen molar-refractivity contribution in [2.75, 3.05) is 18.9 Å². The fourth-order valence-corrected chi connectivity index (χ4v) is 5.39. The zero-order valence-corrected chi connectivity index (χ0v) is 21.4. The Morgan fingerprint density at radius 2 is 1.85 bits per heavy atom. The number of carbonyl (C=O) groups excluding carboxylic acids is 4. The molecule has 2 atom stereocenters. The van der Waals surface area contributed by atoms with E-state index in [-0.39, 0.29) is 24.8 Å². The van der Waals surface area contributed by atoms with Crippen LogP contribution in [-0.2, 0) is 32.9 Å². The molecule has 2 fully saturated rings. The normalized spacial score (nSPS) is 20.8. The molecule has 212 valence electrons. The molecule has 1 heterocycles. The Morgan fingerprint density at radius 3 is 2.48 bits per heavy atom. The molecule has 1 aliphatic heterocycles. The van der Waals surface area contributed by atoms with Crippen LogP contribution >= 0.6 is 0 Å². The number of rotatable bonds is 7. The monoisotopic (exact) mass is 562 g/mol. The van der Waals surface area contributed by atoms with Gasteiger partial charge in [-0.05, 0) is 60.6 Å². The van der Waals surface area contributed by atoms with E-state index in [0.29, 0.717) is 33.0 Å². The molecule has 9 nitrogen and oxygen atoms in total. The molecule has 1 unspecified atom stereocenters. The first-order chi connectivity index (χ1) is 18.9. The molecule has 0 aromatic heterocycles. The minimum Gasteiger partial charge on any atom is -0.427 e. The quantitative estimate of drug-likeness (QED) is 0.495. The number of hydrogen-bond acceptors (Lipinski definition) is 5. The van der Waals surface area contributed by atoms with E-state index in [0.717, 1.165) is 12.1 Å². The number of amides is 5. The SMILES string of the molecule is CNC(=O)Nc1ccc2c(c1)CC[C@]21OC(=O)N(CC(=O)N(Cc2ccc(F)cc2)C(C2CC2)C(F)(F)F)C1=O. The number of nitrogens with one attached hydrogen (secondary N) is 2. The second-order valence-electron chi connectivity index (χ2n) is 10.1.